The molecule has 1 unspecified atom stereocenters. The fourth-order valence-corrected chi connectivity index (χ4v) is 9.94. The van der Waals surface area contributed by atoms with E-state index in [0.29, 0.717) is 19.3 Å². The van der Waals surface area contributed by atoms with Gasteiger partial charge in [0.05, 0.1) is 0 Å². The molecule has 0 aliphatic heterocycles. The molecule has 83 heavy (non-hydrogen) atoms. The lowest BCUT2D eigenvalue weighted by atomic mass is 10.0. The van der Waals surface area contributed by atoms with E-state index in [-0.39, 0.29) is 31.1 Å². The Morgan fingerprint density at radius 1 is 0.253 bits per heavy atom. The van der Waals surface area contributed by atoms with E-state index in [2.05, 4.69) is 130 Å². The third kappa shape index (κ3) is 68.7. The summed E-state index contributed by atoms with van der Waals surface area (Å²) in [6, 6.07) is 0. The topological polar surface area (TPSA) is 78.9 Å². The Kier molecular flexibility index (Phi) is 67.2. The van der Waals surface area contributed by atoms with E-state index in [1.54, 1.807) is 0 Å². The normalized spacial score (nSPS) is 12.8. The van der Waals surface area contributed by atoms with Gasteiger partial charge in [-0.1, -0.05) is 304 Å². The molecule has 0 radical (unpaired) electrons. The predicted molar refractivity (Wildman–Crippen MR) is 362 cm³/mol. The smallest absolute Gasteiger partial charge is 0.306 e. The highest BCUT2D eigenvalue weighted by molar-refractivity contribution is 5.71. The van der Waals surface area contributed by atoms with E-state index in [4.69, 9.17) is 14.2 Å². The van der Waals surface area contributed by atoms with Gasteiger partial charge in [-0.2, -0.15) is 0 Å². The molecule has 0 saturated carbocycles. The van der Waals surface area contributed by atoms with Crippen LogP contribution in [0.15, 0.2) is 109 Å². The number of ether oxygens (including phenoxy) is 3. The molecule has 0 heterocycles. The minimum atomic E-state index is -0.791. The Balaban J connectivity index is 4.34. The summed E-state index contributed by atoms with van der Waals surface area (Å²) in [5, 5.41) is 0. The Morgan fingerprint density at radius 3 is 0.759 bits per heavy atom. The van der Waals surface area contributed by atoms with Crippen molar-refractivity contribution >= 4 is 17.9 Å². The van der Waals surface area contributed by atoms with Crippen molar-refractivity contribution in [1.82, 2.24) is 0 Å². The zero-order valence-corrected chi connectivity index (χ0v) is 54.7. The third-order valence-corrected chi connectivity index (χ3v) is 15.2. The van der Waals surface area contributed by atoms with Crippen LogP contribution < -0.4 is 0 Å². The fraction of sp³-hybridized carbons (Fsp3) is 0.727. The number of carbonyl (C=O) groups is 3. The Morgan fingerprint density at radius 2 is 0.470 bits per heavy atom. The minimum Gasteiger partial charge on any atom is -0.462 e. The zero-order valence-electron chi connectivity index (χ0n) is 54.7. The molecule has 0 aliphatic carbocycles. The quantitative estimate of drug-likeness (QED) is 0.0261. The number of esters is 3. The van der Waals surface area contributed by atoms with Gasteiger partial charge in [-0.15, -0.1) is 0 Å². The summed E-state index contributed by atoms with van der Waals surface area (Å²) in [4.78, 5) is 38.5. The van der Waals surface area contributed by atoms with Gasteiger partial charge in [0.2, 0.25) is 0 Å². The summed E-state index contributed by atoms with van der Waals surface area (Å²) >= 11 is 0. The summed E-state index contributed by atoms with van der Waals surface area (Å²) in [7, 11) is 0. The van der Waals surface area contributed by atoms with Crippen LogP contribution in [-0.4, -0.2) is 37.2 Å². The highest BCUT2D eigenvalue weighted by Gasteiger charge is 2.19. The second-order valence-electron chi connectivity index (χ2n) is 23.4. The van der Waals surface area contributed by atoms with Crippen LogP contribution in [0.3, 0.4) is 0 Å². The molecule has 1 atom stereocenters. The van der Waals surface area contributed by atoms with Crippen LogP contribution in [0.25, 0.3) is 0 Å². The van der Waals surface area contributed by atoms with Gasteiger partial charge in [-0.05, 0) is 128 Å². The van der Waals surface area contributed by atoms with Crippen LogP contribution in [0, 0.1) is 0 Å². The first-order chi connectivity index (χ1) is 41.0. The Hall–Kier alpha value is -3.93. The molecule has 0 aliphatic rings. The third-order valence-electron chi connectivity index (χ3n) is 15.2. The Bertz CT molecular complexity index is 1660. The summed E-state index contributed by atoms with van der Waals surface area (Å²) in [5.41, 5.74) is 0. The molecule has 6 heteroatoms. The highest BCUT2D eigenvalue weighted by atomic mass is 16.6. The van der Waals surface area contributed by atoms with Gasteiger partial charge in [-0.25, -0.2) is 0 Å². The molecule has 0 bridgehead atoms. The maximum atomic E-state index is 13.0. The van der Waals surface area contributed by atoms with Gasteiger partial charge < -0.3 is 14.2 Å². The van der Waals surface area contributed by atoms with Gasteiger partial charge in [0, 0.05) is 19.3 Å². The first kappa shape index (κ1) is 79.1. The van der Waals surface area contributed by atoms with Crippen molar-refractivity contribution < 1.29 is 28.6 Å². The SMILES string of the molecule is CC/C=C\C/C=C\C/C=C\C/C=C\CCCCCCCCCCCCC(=O)OC(COC(=O)CCCCCCC/C=C\C/C=C\CCCCC)COC(=O)CCCCCCCCCCCCCC/C=C\C/C=C\C/C=C\CCCCCCC. The largest absolute Gasteiger partial charge is 0.462 e. The number of allylic oxidation sites excluding steroid dienone is 18. The molecular formula is C77H132O6. The number of unbranched alkanes of at least 4 members (excludes halogenated alkanes) is 35. The van der Waals surface area contributed by atoms with Crippen LogP contribution in [-0.2, 0) is 28.6 Å². The van der Waals surface area contributed by atoms with Gasteiger partial charge in [0.15, 0.2) is 6.10 Å². The summed E-state index contributed by atoms with van der Waals surface area (Å²) in [5.74, 6) is -0.892. The van der Waals surface area contributed by atoms with Crippen LogP contribution in [0.1, 0.15) is 342 Å². The maximum Gasteiger partial charge on any atom is 0.306 e. The van der Waals surface area contributed by atoms with E-state index in [1.807, 2.05) is 0 Å². The first-order valence-electron chi connectivity index (χ1n) is 35.4. The summed E-state index contributed by atoms with van der Waals surface area (Å²) in [6.07, 6.45) is 96.8. The van der Waals surface area contributed by atoms with Crippen molar-refractivity contribution in [2.45, 2.75) is 348 Å². The lowest BCUT2D eigenvalue weighted by Crippen LogP contribution is -2.30. The van der Waals surface area contributed by atoms with Crippen LogP contribution in [0.5, 0.6) is 0 Å². The monoisotopic (exact) mass is 1150 g/mol. The molecule has 0 N–H and O–H groups in total. The number of hydrogen-bond acceptors (Lipinski definition) is 6. The standard InChI is InChI=1S/C77H132O6/c1-4-7-10-13-16-19-22-25-28-30-32-34-36-37-38-39-41-42-44-46-49-52-55-58-61-64-67-70-76(79)82-73-74(72-81-75(78)69-66-63-60-57-54-51-48-27-24-21-18-15-12-9-6-3)83-77(80)71-68-65-62-59-56-53-50-47-45-43-40-35-33-31-29-26-23-20-17-14-11-8-5-2/h8,11,17-18,20-22,25-27,29-30,32-33,35-37,48,74H,4-7,9-10,12-16,19,23-24,28,31,34,38-47,49-73H2,1-3H3/b11-8-,20-17-,21-18-,25-22-,29-26-,32-30-,35-33-,37-36-,48-27-. The van der Waals surface area contributed by atoms with Gasteiger partial charge in [0.1, 0.15) is 13.2 Å². The summed E-state index contributed by atoms with van der Waals surface area (Å²) in [6.45, 7) is 6.51. The van der Waals surface area contributed by atoms with Crippen LogP contribution in [0.2, 0.25) is 0 Å². The van der Waals surface area contributed by atoms with E-state index < -0.39 is 6.10 Å². The van der Waals surface area contributed by atoms with Gasteiger partial charge in [0.25, 0.3) is 0 Å². The first-order valence-corrected chi connectivity index (χ1v) is 35.4. The lowest BCUT2D eigenvalue weighted by molar-refractivity contribution is -0.167. The molecular weight excluding hydrogens is 1020 g/mol. The van der Waals surface area contributed by atoms with E-state index in [1.165, 1.54) is 186 Å². The van der Waals surface area contributed by atoms with Gasteiger partial charge in [-0.3, -0.25) is 14.4 Å². The molecule has 0 rings (SSSR count). The second kappa shape index (κ2) is 70.6. The number of rotatable bonds is 64. The molecule has 0 aromatic carbocycles. The van der Waals surface area contributed by atoms with Crippen molar-refractivity contribution in [2.24, 2.45) is 0 Å². The predicted octanol–water partition coefficient (Wildman–Crippen LogP) is 24.6. The molecule has 0 saturated heterocycles. The van der Waals surface area contributed by atoms with Crippen molar-refractivity contribution in [3.8, 4) is 0 Å². The summed E-state index contributed by atoms with van der Waals surface area (Å²) < 4.78 is 17.0. The maximum absolute atomic E-state index is 13.0. The molecule has 6 nitrogen and oxygen atoms in total. The molecule has 476 valence electrons. The van der Waals surface area contributed by atoms with Gasteiger partial charge >= 0.3 is 17.9 Å². The lowest BCUT2D eigenvalue weighted by Gasteiger charge is -2.18. The van der Waals surface area contributed by atoms with Crippen molar-refractivity contribution in [2.75, 3.05) is 13.2 Å². The average molecular weight is 1150 g/mol. The van der Waals surface area contributed by atoms with E-state index >= 15 is 0 Å². The number of hydrogen-bond donors (Lipinski definition) is 0. The van der Waals surface area contributed by atoms with E-state index in [0.717, 1.165) is 116 Å². The minimum absolute atomic E-state index is 0.0847. The number of carbonyl (C=O) groups excluding carboxylic acids is 3. The zero-order chi connectivity index (χ0) is 59.9. The molecule has 0 aromatic rings. The van der Waals surface area contributed by atoms with Crippen LogP contribution >= 0.6 is 0 Å². The highest BCUT2D eigenvalue weighted by Crippen LogP contribution is 2.17. The average Bonchev–Trinajstić information content (AvgIpc) is 3.49. The van der Waals surface area contributed by atoms with Crippen molar-refractivity contribution in [3.63, 3.8) is 0 Å². The molecule has 0 amide bonds. The fourth-order valence-electron chi connectivity index (χ4n) is 9.94. The second-order valence-corrected chi connectivity index (χ2v) is 23.4. The van der Waals surface area contributed by atoms with E-state index in [9.17, 15) is 14.4 Å². The van der Waals surface area contributed by atoms with Crippen molar-refractivity contribution in [1.29, 1.82) is 0 Å². The molecule has 0 aromatic heterocycles. The molecule has 0 spiro atoms. The Labute approximate surface area is 514 Å². The molecule has 0 fully saturated rings. The van der Waals surface area contributed by atoms with Crippen LogP contribution in [0.4, 0.5) is 0 Å². The van der Waals surface area contributed by atoms with Crippen molar-refractivity contribution in [3.05, 3.63) is 109 Å².